The number of benzene rings is 1. The molecule has 1 aromatic rings. The lowest BCUT2D eigenvalue weighted by molar-refractivity contribution is -0.132. The molecule has 0 aliphatic carbocycles. The van der Waals surface area contributed by atoms with Crippen molar-refractivity contribution in [2.45, 2.75) is 44.8 Å². The molecule has 0 bridgehead atoms. The van der Waals surface area contributed by atoms with E-state index >= 15 is 0 Å². The first kappa shape index (κ1) is 15.5. The molecule has 0 aromatic heterocycles. The molecule has 2 N–H and O–H groups in total. The van der Waals surface area contributed by atoms with Gasteiger partial charge in [0.15, 0.2) is 0 Å². The summed E-state index contributed by atoms with van der Waals surface area (Å²) in [7, 11) is 0. The highest BCUT2D eigenvalue weighted by Crippen LogP contribution is 2.17. The van der Waals surface area contributed by atoms with E-state index in [2.05, 4.69) is 10.5 Å². The van der Waals surface area contributed by atoms with Crippen molar-refractivity contribution in [3.8, 4) is 0 Å². The maximum absolute atomic E-state index is 12.1. The van der Waals surface area contributed by atoms with Crippen LogP contribution in [0.5, 0.6) is 0 Å². The van der Waals surface area contributed by atoms with Crippen molar-refractivity contribution in [2.24, 2.45) is 5.16 Å². The molecular weight excluding hydrogens is 268 g/mol. The second kappa shape index (κ2) is 6.72. The number of nitrogens with zero attached hydrogens (tertiary/aromatic N) is 1. The number of carbonyl (C=O) groups excluding carboxylic acids is 1. The molecule has 0 radical (unpaired) electrons. The zero-order valence-corrected chi connectivity index (χ0v) is 12.5. The molecular formula is C16H22N2O3. The van der Waals surface area contributed by atoms with Crippen LogP contribution in [-0.4, -0.2) is 35.0 Å². The van der Waals surface area contributed by atoms with Gasteiger partial charge < -0.3 is 15.3 Å². The Hall–Kier alpha value is -1.88. The van der Waals surface area contributed by atoms with E-state index in [0.29, 0.717) is 19.3 Å². The van der Waals surface area contributed by atoms with Gasteiger partial charge in [-0.3, -0.25) is 4.79 Å². The summed E-state index contributed by atoms with van der Waals surface area (Å²) < 4.78 is 0. The Balaban J connectivity index is 1.87. The summed E-state index contributed by atoms with van der Waals surface area (Å²) in [5, 5.41) is 16.9. The third kappa shape index (κ3) is 3.82. The van der Waals surface area contributed by atoms with E-state index in [4.69, 9.17) is 4.84 Å². The normalized spacial score (nSPS) is 18.0. The monoisotopic (exact) mass is 290 g/mol. The summed E-state index contributed by atoms with van der Waals surface area (Å²) in [4.78, 5) is 17.3. The van der Waals surface area contributed by atoms with Crippen molar-refractivity contribution in [1.82, 2.24) is 5.32 Å². The zero-order valence-electron chi connectivity index (χ0n) is 12.5. The highest BCUT2D eigenvalue weighted by Gasteiger charge is 2.30. The average Bonchev–Trinajstić information content (AvgIpc) is 3.03. The van der Waals surface area contributed by atoms with Crippen LogP contribution in [0, 0.1) is 0 Å². The molecule has 1 heterocycles. The van der Waals surface area contributed by atoms with E-state index in [9.17, 15) is 9.90 Å². The van der Waals surface area contributed by atoms with Gasteiger partial charge in [0.05, 0.1) is 11.3 Å². The molecule has 2 rings (SSSR count). The third-order valence-electron chi connectivity index (χ3n) is 3.98. The zero-order chi connectivity index (χ0) is 15.3. The van der Waals surface area contributed by atoms with Crippen molar-refractivity contribution in [3.63, 3.8) is 0 Å². The fourth-order valence-electron chi connectivity index (χ4n) is 2.18. The summed E-state index contributed by atoms with van der Waals surface area (Å²) in [5.41, 5.74) is 0.889. The van der Waals surface area contributed by atoms with E-state index in [1.165, 1.54) is 0 Å². The lowest BCUT2D eigenvalue weighted by Gasteiger charge is -2.25. The molecule has 1 unspecified atom stereocenters. The van der Waals surface area contributed by atoms with Gasteiger partial charge in [0.25, 0.3) is 5.91 Å². The second-order valence-electron chi connectivity index (χ2n) is 5.35. The number of rotatable bonds is 6. The van der Waals surface area contributed by atoms with Crippen LogP contribution in [0.25, 0.3) is 0 Å². The first-order chi connectivity index (χ1) is 10.1. The van der Waals surface area contributed by atoms with Crippen LogP contribution in [0.15, 0.2) is 35.5 Å². The number of aliphatic hydroxyl groups is 1. The lowest BCUT2D eigenvalue weighted by atomic mass is 9.97. The minimum atomic E-state index is -0.850. The van der Waals surface area contributed by atoms with Crippen molar-refractivity contribution < 1.29 is 14.7 Å². The van der Waals surface area contributed by atoms with Gasteiger partial charge in [-0.25, -0.2) is 0 Å². The number of hydrogen-bond acceptors (Lipinski definition) is 4. The molecule has 1 atom stereocenters. The van der Waals surface area contributed by atoms with E-state index in [1.54, 1.807) is 0 Å². The van der Waals surface area contributed by atoms with Gasteiger partial charge in [-0.1, -0.05) is 49.3 Å². The van der Waals surface area contributed by atoms with Gasteiger partial charge in [0, 0.05) is 13.0 Å². The largest absolute Gasteiger partial charge is 0.388 e. The number of carbonyl (C=O) groups is 1. The van der Waals surface area contributed by atoms with E-state index in [-0.39, 0.29) is 12.5 Å². The van der Waals surface area contributed by atoms with Crippen LogP contribution in [0.2, 0.25) is 0 Å². The van der Waals surface area contributed by atoms with Crippen molar-refractivity contribution in [3.05, 3.63) is 35.9 Å². The van der Waals surface area contributed by atoms with Gasteiger partial charge in [-0.2, -0.15) is 0 Å². The molecule has 1 aromatic carbocycles. The van der Waals surface area contributed by atoms with E-state index in [1.807, 2.05) is 44.2 Å². The van der Waals surface area contributed by atoms with Crippen LogP contribution in [0.4, 0.5) is 0 Å². The van der Waals surface area contributed by atoms with E-state index in [0.717, 1.165) is 11.3 Å². The SMILES string of the molecule is CCC(O)(CC)CNC(=O)C1CC(c2ccccc2)=NO1. The molecule has 0 spiro atoms. The molecule has 0 saturated carbocycles. The Bertz CT molecular complexity index is 510. The second-order valence-corrected chi connectivity index (χ2v) is 5.35. The summed E-state index contributed by atoms with van der Waals surface area (Å²) in [6.07, 6.45) is 1.03. The summed E-state index contributed by atoms with van der Waals surface area (Å²) in [5.74, 6) is -0.231. The topological polar surface area (TPSA) is 70.9 Å². The first-order valence-corrected chi connectivity index (χ1v) is 7.36. The predicted molar refractivity (Wildman–Crippen MR) is 81.0 cm³/mol. The van der Waals surface area contributed by atoms with Crippen LogP contribution >= 0.6 is 0 Å². The Labute approximate surface area is 125 Å². The molecule has 21 heavy (non-hydrogen) atoms. The highest BCUT2D eigenvalue weighted by molar-refractivity contribution is 6.04. The van der Waals surface area contributed by atoms with Crippen LogP contribution < -0.4 is 5.32 Å². The third-order valence-corrected chi connectivity index (χ3v) is 3.98. The van der Waals surface area contributed by atoms with Crippen molar-refractivity contribution in [2.75, 3.05) is 6.54 Å². The Morgan fingerprint density at radius 3 is 2.67 bits per heavy atom. The smallest absolute Gasteiger partial charge is 0.264 e. The van der Waals surface area contributed by atoms with Gasteiger partial charge >= 0.3 is 0 Å². The molecule has 5 heteroatoms. The summed E-state index contributed by atoms with van der Waals surface area (Å²) in [6.45, 7) is 4.04. The summed E-state index contributed by atoms with van der Waals surface area (Å²) in [6, 6.07) is 9.66. The molecule has 5 nitrogen and oxygen atoms in total. The quantitative estimate of drug-likeness (QED) is 0.840. The Kier molecular flexibility index (Phi) is 4.96. The Morgan fingerprint density at radius 1 is 1.38 bits per heavy atom. The van der Waals surface area contributed by atoms with Crippen molar-refractivity contribution in [1.29, 1.82) is 0 Å². The molecule has 1 amide bonds. The van der Waals surface area contributed by atoms with Crippen LogP contribution in [0.3, 0.4) is 0 Å². The van der Waals surface area contributed by atoms with Gasteiger partial charge in [-0.05, 0) is 18.4 Å². The number of hydrogen-bond donors (Lipinski definition) is 2. The fourth-order valence-corrected chi connectivity index (χ4v) is 2.18. The lowest BCUT2D eigenvalue weighted by Crippen LogP contribution is -2.45. The van der Waals surface area contributed by atoms with Crippen LogP contribution in [0.1, 0.15) is 38.7 Å². The van der Waals surface area contributed by atoms with Gasteiger partial charge in [-0.15, -0.1) is 0 Å². The predicted octanol–water partition coefficient (Wildman–Crippen LogP) is 1.85. The minimum absolute atomic E-state index is 0.231. The van der Waals surface area contributed by atoms with Gasteiger partial charge in [0.2, 0.25) is 6.10 Å². The fraction of sp³-hybridized carbons (Fsp3) is 0.500. The number of amides is 1. The molecule has 1 aliphatic rings. The number of oxime groups is 1. The molecule has 114 valence electrons. The van der Waals surface area contributed by atoms with Crippen molar-refractivity contribution >= 4 is 11.6 Å². The maximum Gasteiger partial charge on any atom is 0.264 e. The first-order valence-electron chi connectivity index (χ1n) is 7.36. The standard InChI is InChI=1S/C16H22N2O3/c1-3-16(20,4-2)11-17-15(19)14-10-13(18-21-14)12-8-6-5-7-9-12/h5-9,14,20H,3-4,10-11H2,1-2H3,(H,17,19). The number of nitrogens with one attached hydrogen (secondary N) is 1. The highest BCUT2D eigenvalue weighted by atomic mass is 16.6. The molecule has 0 saturated heterocycles. The molecule has 0 fully saturated rings. The van der Waals surface area contributed by atoms with E-state index < -0.39 is 11.7 Å². The average molecular weight is 290 g/mol. The maximum atomic E-state index is 12.1. The van der Waals surface area contributed by atoms with Gasteiger partial charge in [0.1, 0.15) is 0 Å². The minimum Gasteiger partial charge on any atom is -0.388 e. The van der Waals surface area contributed by atoms with Crippen LogP contribution in [-0.2, 0) is 9.63 Å². The Morgan fingerprint density at radius 2 is 2.05 bits per heavy atom. The summed E-state index contributed by atoms with van der Waals surface area (Å²) >= 11 is 0. The molecule has 1 aliphatic heterocycles.